The van der Waals surface area contributed by atoms with Crippen LogP contribution >= 0.6 is 66.3 Å². The van der Waals surface area contributed by atoms with Crippen molar-refractivity contribution in [1.29, 1.82) is 5.26 Å². The van der Waals surface area contributed by atoms with Crippen LogP contribution in [0.5, 0.6) is 0 Å². The Morgan fingerprint density at radius 3 is 2.90 bits per heavy atom. The first-order valence-corrected chi connectivity index (χ1v) is 9.45. The average Bonchev–Trinajstić information content (AvgIpc) is 2.91. The molecule has 0 spiro atoms. The Hall–Kier alpha value is -0.400. The van der Waals surface area contributed by atoms with Crippen molar-refractivity contribution >= 4 is 77.3 Å². The van der Waals surface area contributed by atoms with E-state index in [0.717, 1.165) is 18.2 Å². The van der Waals surface area contributed by atoms with Gasteiger partial charge >= 0.3 is 0 Å². The summed E-state index contributed by atoms with van der Waals surface area (Å²) in [6.45, 7) is 1.87. The van der Waals surface area contributed by atoms with Gasteiger partial charge < -0.3 is 0 Å². The summed E-state index contributed by atoms with van der Waals surface area (Å²) in [5, 5.41) is 11.9. The second-order valence-corrected chi connectivity index (χ2v) is 8.99. The summed E-state index contributed by atoms with van der Waals surface area (Å²) >= 11 is 10.9. The predicted molar refractivity (Wildman–Crippen MR) is 90.9 cm³/mol. The van der Waals surface area contributed by atoms with Crippen molar-refractivity contribution < 1.29 is 4.79 Å². The monoisotopic (exact) mass is 451 g/mol. The topological polar surface area (TPSA) is 65.8 Å². The number of nitriles is 1. The van der Waals surface area contributed by atoms with E-state index in [2.05, 4.69) is 48.2 Å². The number of carbonyl (C=O) groups is 1. The van der Waals surface area contributed by atoms with Gasteiger partial charge in [-0.15, -0.1) is 11.3 Å². The lowest BCUT2D eigenvalue weighted by molar-refractivity contribution is 0.103. The van der Waals surface area contributed by atoms with Crippen LogP contribution in [0.15, 0.2) is 18.5 Å². The Labute approximate surface area is 144 Å². The van der Waals surface area contributed by atoms with Crippen molar-refractivity contribution in [3.63, 3.8) is 0 Å². The Balaban J connectivity index is 2.10. The SMILES string of the molecule is Cc1nc(NC(=O)c2cc(Br)c(Br)s2)sc1SCC#N. The van der Waals surface area contributed by atoms with E-state index >= 15 is 0 Å². The second kappa shape index (κ2) is 7.04. The van der Waals surface area contributed by atoms with E-state index in [1.54, 1.807) is 6.07 Å². The number of anilines is 1. The van der Waals surface area contributed by atoms with Crippen LogP contribution < -0.4 is 5.32 Å². The molecule has 20 heavy (non-hydrogen) atoms. The smallest absolute Gasteiger partial charge is 0.267 e. The molecule has 0 unspecified atom stereocenters. The average molecular weight is 453 g/mol. The molecule has 0 saturated carbocycles. The molecule has 2 heterocycles. The molecule has 2 rings (SSSR count). The van der Waals surface area contributed by atoms with Crippen LogP contribution in [0.25, 0.3) is 0 Å². The van der Waals surface area contributed by atoms with Gasteiger partial charge in [0, 0.05) is 4.47 Å². The van der Waals surface area contributed by atoms with Gasteiger partial charge in [-0.25, -0.2) is 4.98 Å². The van der Waals surface area contributed by atoms with Crippen molar-refractivity contribution in [2.75, 3.05) is 11.1 Å². The van der Waals surface area contributed by atoms with Gasteiger partial charge in [0.2, 0.25) is 0 Å². The molecule has 0 atom stereocenters. The minimum absolute atomic E-state index is 0.188. The summed E-state index contributed by atoms with van der Waals surface area (Å²) in [5.41, 5.74) is 0.832. The van der Waals surface area contributed by atoms with Crippen LogP contribution in [0.1, 0.15) is 15.4 Å². The largest absolute Gasteiger partial charge is 0.297 e. The molecule has 0 bridgehead atoms. The Bertz CT molecular complexity index is 670. The van der Waals surface area contributed by atoms with E-state index in [1.165, 1.54) is 34.4 Å². The molecule has 2 aromatic heterocycles. The van der Waals surface area contributed by atoms with Crippen LogP contribution in [0, 0.1) is 18.3 Å². The van der Waals surface area contributed by atoms with Gasteiger partial charge in [-0.1, -0.05) is 23.1 Å². The molecule has 0 saturated heterocycles. The number of rotatable bonds is 4. The van der Waals surface area contributed by atoms with Crippen molar-refractivity contribution in [2.24, 2.45) is 0 Å². The maximum absolute atomic E-state index is 12.1. The molecule has 0 aromatic carbocycles. The summed E-state index contributed by atoms with van der Waals surface area (Å²) in [4.78, 5) is 17.0. The van der Waals surface area contributed by atoms with Gasteiger partial charge in [-0.2, -0.15) is 5.26 Å². The number of carbonyl (C=O) groups excluding carboxylic acids is 1. The number of aromatic nitrogens is 1. The minimum Gasteiger partial charge on any atom is -0.297 e. The third-order valence-electron chi connectivity index (χ3n) is 2.11. The molecule has 1 N–H and O–H groups in total. The lowest BCUT2D eigenvalue weighted by Crippen LogP contribution is -2.09. The van der Waals surface area contributed by atoms with Crippen LogP contribution in [0.4, 0.5) is 5.13 Å². The van der Waals surface area contributed by atoms with Gasteiger partial charge in [-0.3, -0.25) is 10.1 Å². The van der Waals surface area contributed by atoms with Crippen molar-refractivity contribution in [3.8, 4) is 6.07 Å². The minimum atomic E-state index is -0.188. The summed E-state index contributed by atoms with van der Waals surface area (Å²) in [5.74, 6) is 0.188. The number of halogens is 2. The number of aryl methyl sites for hydroxylation is 1. The quantitative estimate of drug-likeness (QED) is 0.669. The number of hydrogen-bond donors (Lipinski definition) is 1. The van der Waals surface area contributed by atoms with Crippen LogP contribution in [0.3, 0.4) is 0 Å². The van der Waals surface area contributed by atoms with E-state index < -0.39 is 0 Å². The molecule has 0 fully saturated rings. The zero-order valence-corrected chi connectivity index (χ0v) is 15.7. The first-order valence-electron chi connectivity index (χ1n) is 5.24. The number of thioether (sulfide) groups is 1. The van der Waals surface area contributed by atoms with E-state index in [0.29, 0.717) is 15.8 Å². The summed E-state index contributed by atoms with van der Waals surface area (Å²) in [6, 6.07) is 3.83. The zero-order chi connectivity index (χ0) is 14.7. The highest BCUT2D eigenvalue weighted by Gasteiger charge is 2.15. The molecule has 2 aromatic rings. The van der Waals surface area contributed by atoms with E-state index in [-0.39, 0.29) is 5.91 Å². The maximum atomic E-state index is 12.1. The molecular weight excluding hydrogens is 446 g/mol. The number of thiazole rings is 1. The highest BCUT2D eigenvalue weighted by Crippen LogP contribution is 2.34. The first kappa shape index (κ1) is 16.0. The third-order valence-corrected chi connectivity index (χ3v) is 7.67. The Morgan fingerprint density at radius 1 is 1.55 bits per heavy atom. The van der Waals surface area contributed by atoms with E-state index in [4.69, 9.17) is 5.26 Å². The number of hydrogen-bond acceptors (Lipinski definition) is 6. The Kier molecular flexibility index (Phi) is 5.63. The van der Waals surface area contributed by atoms with E-state index in [1.807, 2.05) is 6.92 Å². The van der Waals surface area contributed by atoms with Gasteiger partial charge in [0.25, 0.3) is 5.91 Å². The third kappa shape index (κ3) is 3.83. The fourth-order valence-electron chi connectivity index (χ4n) is 1.28. The van der Waals surface area contributed by atoms with Crippen LogP contribution in [-0.4, -0.2) is 16.6 Å². The molecule has 0 radical (unpaired) electrons. The number of thiophene rings is 1. The molecule has 104 valence electrons. The first-order chi connectivity index (χ1) is 9.51. The molecule has 0 aliphatic rings. The van der Waals surface area contributed by atoms with Crippen LogP contribution in [-0.2, 0) is 0 Å². The fourth-order valence-corrected chi connectivity index (χ4v) is 5.01. The second-order valence-electron chi connectivity index (χ2n) is 3.53. The standard InChI is InChI=1S/C11H7Br2N3OS3/c1-5-10(18-3-2-14)20-11(15-5)16-9(17)7-4-6(12)8(13)19-7/h4H,3H2,1H3,(H,15,16,17). The zero-order valence-electron chi connectivity index (χ0n) is 10.1. The fraction of sp³-hybridized carbons (Fsp3) is 0.182. The van der Waals surface area contributed by atoms with Gasteiger partial charge in [-0.05, 0) is 44.8 Å². The van der Waals surface area contributed by atoms with Gasteiger partial charge in [0.1, 0.15) is 0 Å². The van der Waals surface area contributed by atoms with Gasteiger partial charge in [0.05, 0.1) is 30.4 Å². The molecular formula is C11H7Br2N3OS3. The predicted octanol–water partition coefficient (Wildman–Crippen LogP) is 4.91. The molecule has 1 amide bonds. The normalized spacial score (nSPS) is 10.3. The Morgan fingerprint density at radius 2 is 2.30 bits per heavy atom. The summed E-state index contributed by atoms with van der Waals surface area (Å²) in [6.07, 6.45) is 0. The van der Waals surface area contributed by atoms with Crippen molar-refractivity contribution in [2.45, 2.75) is 11.1 Å². The maximum Gasteiger partial charge on any atom is 0.267 e. The lowest BCUT2D eigenvalue weighted by Gasteiger charge is -1.97. The van der Waals surface area contributed by atoms with Crippen molar-refractivity contribution in [1.82, 2.24) is 4.98 Å². The highest BCUT2D eigenvalue weighted by molar-refractivity contribution is 9.13. The highest BCUT2D eigenvalue weighted by atomic mass is 79.9. The van der Waals surface area contributed by atoms with Crippen LogP contribution in [0.2, 0.25) is 0 Å². The molecule has 0 aliphatic heterocycles. The van der Waals surface area contributed by atoms with E-state index in [9.17, 15) is 4.79 Å². The number of nitrogens with one attached hydrogen (secondary N) is 1. The summed E-state index contributed by atoms with van der Waals surface area (Å²) < 4.78 is 2.69. The molecule has 4 nitrogen and oxygen atoms in total. The lowest BCUT2D eigenvalue weighted by atomic mass is 10.4. The summed E-state index contributed by atoms with van der Waals surface area (Å²) in [7, 11) is 0. The molecule has 9 heteroatoms. The number of amides is 1. The van der Waals surface area contributed by atoms with Crippen molar-refractivity contribution in [3.05, 3.63) is 24.9 Å². The van der Waals surface area contributed by atoms with Gasteiger partial charge in [0.15, 0.2) is 5.13 Å². The molecule has 0 aliphatic carbocycles. The number of nitrogens with zero attached hydrogens (tertiary/aromatic N) is 2.